The van der Waals surface area contributed by atoms with Crippen molar-refractivity contribution < 1.29 is 4.74 Å². The highest BCUT2D eigenvalue weighted by atomic mass is 16.5. The Hall–Kier alpha value is -0.120. The van der Waals surface area contributed by atoms with Gasteiger partial charge in [-0.25, -0.2) is 0 Å². The molecule has 0 radical (unpaired) electrons. The molecule has 2 rings (SSSR count). The van der Waals surface area contributed by atoms with Crippen molar-refractivity contribution in [1.29, 1.82) is 0 Å². The Morgan fingerprint density at radius 3 is 2.75 bits per heavy atom. The van der Waals surface area contributed by atoms with Crippen LogP contribution in [0, 0.1) is 11.3 Å². The summed E-state index contributed by atoms with van der Waals surface area (Å²) in [5.74, 6) is 0.994. The Kier molecular flexibility index (Phi) is 4.22. The molecular weight excluding hydrogens is 200 g/mol. The zero-order valence-electron chi connectivity index (χ0n) is 10.8. The first-order valence-corrected chi connectivity index (χ1v) is 6.73. The van der Waals surface area contributed by atoms with Crippen molar-refractivity contribution >= 4 is 0 Å². The zero-order valence-corrected chi connectivity index (χ0v) is 10.8. The molecule has 2 fully saturated rings. The molecule has 1 saturated heterocycles. The zero-order chi connectivity index (χ0) is 11.4. The monoisotopic (exact) mass is 226 g/mol. The highest BCUT2D eigenvalue weighted by molar-refractivity contribution is 4.89. The summed E-state index contributed by atoms with van der Waals surface area (Å²) in [4.78, 5) is 2.63. The predicted molar refractivity (Wildman–Crippen MR) is 66.6 cm³/mol. The second-order valence-corrected chi connectivity index (χ2v) is 5.60. The van der Waals surface area contributed by atoms with Crippen molar-refractivity contribution in [2.24, 2.45) is 11.3 Å². The van der Waals surface area contributed by atoms with Crippen molar-refractivity contribution in [3.05, 3.63) is 0 Å². The summed E-state index contributed by atoms with van der Waals surface area (Å²) in [6.45, 7) is 8.96. The molecule has 94 valence electrons. The maximum atomic E-state index is 5.61. The molecule has 0 amide bonds. The minimum absolute atomic E-state index is 0.375. The molecule has 1 atom stereocenters. The van der Waals surface area contributed by atoms with E-state index in [0.717, 1.165) is 25.7 Å². The number of ether oxygens (including phenoxy) is 1. The van der Waals surface area contributed by atoms with E-state index in [1.54, 1.807) is 0 Å². The van der Waals surface area contributed by atoms with Crippen LogP contribution in [-0.2, 0) is 4.74 Å². The van der Waals surface area contributed by atoms with Gasteiger partial charge in [0.2, 0.25) is 0 Å². The van der Waals surface area contributed by atoms with Gasteiger partial charge in [0.1, 0.15) is 0 Å². The second-order valence-electron chi connectivity index (χ2n) is 5.60. The summed E-state index contributed by atoms with van der Waals surface area (Å²) in [5.41, 5.74) is 0.375. The maximum Gasteiger partial charge on any atom is 0.0547 e. The molecule has 3 heteroatoms. The number of nitrogens with one attached hydrogen (secondary N) is 1. The number of hydrogen-bond acceptors (Lipinski definition) is 3. The molecule has 0 spiro atoms. The lowest BCUT2D eigenvalue weighted by Crippen LogP contribution is -2.44. The molecule has 1 heterocycles. The van der Waals surface area contributed by atoms with Gasteiger partial charge in [0, 0.05) is 31.7 Å². The van der Waals surface area contributed by atoms with Gasteiger partial charge in [-0.2, -0.15) is 0 Å². The Labute approximate surface area is 99.5 Å². The first-order chi connectivity index (χ1) is 7.78. The highest BCUT2D eigenvalue weighted by Crippen LogP contribution is 2.33. The molecule has 3 nitrogen and oxygen atoms in total. The molecule has 1 aliphatic carbocycles. The summed E-state index contributed by atoms with van der Waals surface area (Å²) in [5, 5.41) is 3.34. The van der Waals surface area contributed by atoms with E-state index in [0.29, 0.717) is 5.41 Å². The van der Waals surface area contributed by atoms with E-state index in [1.807, 2.05) is 0 Å². The molecule has 1 saturated carbocycles. The van der Waals surface area contributed by atoms with Crippen LogP contribution in [0.15, 0.2) is 0 Å². The van der Waals surface area contributed by atoms with Gasteiger partial charge in [-0.3, -0.25) is 0 Å². The van der Waals surface area contributed by atoms with Gasteiger partial charge in [0.05, 0.1) is 6.61 Å². The highest BCUT2D eigenvalue weighted by Gasteiger charge is 2.36. The van der Waals surface area contributed by atoms with Crippen LogP contribution >= 0.6 is 0 Å². The quantitative estimate of drug-likeness (QED) is 0.709. The smallest absolute Gasteiger partial charge is 0.0547 e. The van der Waals surface area contributed by atoms with Gasteiger partial charge in [-0.15, -0.1) is 0 Å². The SMILES string of the molecule is CCN(CC1CC1)CC1(CNC)CCOC1. The minimum atomic E-state index is 0.375. The van der Waals surface area contributed by atoms with Gasteiger partial charge in [0.25, 0.3) is 0 Å². The van der Waals surface area contributed by atoms with E-state index >= 15 is 0 Å². The molecule has 0 aromatic heterocycles. The third-order valence-electron chi connectivity index (χ3n) is 3.96. The van der Waals surface area contributed by atoms with Crippen LogP contribution in [0.3, 0.4) is 0 Å². The van der Waals surface area contributed by atoms with Crippen LogP contribution < -0.4 is 5.32 Å². The second kappa shape index (κ2) is 5.48. The van der Waals surface area contributed by atoms with E-state index in [2.05, 4.69) is 24.2 Å². The molecule has 1 N–H and O–H groups in total. The fraction of sp³-hybridized carbons (Fsp3) is 1.00. The van der Waals surface area contributed by atoms with Gasteiger partial charge >= 0.3 is 0 Å². The lowest BCUT2D eigenvalue weighted by molar-refractivity contribution is 0.110. The standard InChI is InChI=1S/C13H26N2O/c1-3-15(8-12-4-5-12)10-13(9-14-2)6-7-16-11-13/h12,14H,3-11H2,1-2H3. The molecule has 16 heavy (non-hydrogen) atoms. The third kappa shape index (κ3) is 3.19. The average molecular weight is 226 g/mol. The van der Waals surface area contributed by atoms with Crippen LogP contribution in [0.2, 0.25) is 0 Å². The van der Waals surface area contributed by atoms with Crippen LogP contribution in [-0.4, -0.2) is 51.3 Å². The maximum absolute atomic E-state index is 5.61. The minimum Gasteiger partial charge on any atom is -0.381 e. The molecular formula is C13H26N2O. The average Bonchev–Trinajstić information content (AvgIpc) is 2.98. The topological polar surface area (TPSA) is 24.5 Å². The van der Waals surface area contributed by atoms with E-state index in [-0.39, 0.29) is 0 Å². The molecule has 2 aliphatic rings. The van der Waals surface area contributed by atoms with Crippen molar-refractivity contribution in [3.8, 4) is 0 Å². The Morgan fingerprint density at radius 2 is 2.25 bits per heavy atom. The summed E-state index contributed by atoms with van der Waals surface area (Å²) in [6.07, 6.45) is 4.12. The van der Waals surface area contributed by atoms with Crippen LogP contribution in [0.4, 0.5) is 0 Å². The summed E-state index contributed by atoms with van der Waals surface area (Å²) < 4.78 is 5.61. The number of hydrogen-bond donors (Lipinski definition) is 1. The summed E-state index contributed by atoms with van der Waals surface area (Å²) in [7, 11) is 2.05. The van der Waals surface area contributed by atoms with Gasteiger partial charge in [0.15, 0.2) is 0 Å². The van der Waals surface area contributed by atoms with E-state index < -0.39 is 0 Å². The normalized spacial score (nSPS) is 30.2. The third-order valence-corrected chi connectivity index (χ3v) is 3.96. The first kappa shape index (κ1) is 12.3. The van der Waals surface area contributed by atoms with Gasteiger partial charge in [-0.1, -0.05) is 6.92 Å². The first-order valence-electron chi connectivity index (χ1n) is 6.73. The molecule has 0 aromatic carbocycles. The van der Waals surface area contributed by atoms with Crippen molar-refractivity contribution in [3.63, 3.8) is 0 Å². The van der Waals surface area contributed by atoms with E-state index in [4.69, 9.17) is 4.74 Å². The van der Waals surface area contributed by atoms with Crippen LogP contribution in [0.1, 0.15) is 26.2 Å². The Morgan fingerprint density at radius 1 is 1.44 bits per heavy atom. The van der Waals surface area contributed by atoms with Gasteiger partial charge < -0.3 is 15.0 Å². The van der Waals surface area contributed by atoms with Gasteiger partial charge in [-0.05, 0) is 38.8 Å². The molecule has 1 unspecified atom stereocenters. The van der Waals surface area contributed by atoms with Crippen LogP contribution in [0.5, 0.6) is 0 Å². The van der Waals surface area contributed by atoms with E-state index in [9.17, 15) is 0 Å². The lowest BCUT2D eigenvalue weighted by atomic mass is 9.86. The fourth-order valence-electron chi connectivity index (χ4n) is 2.79. The Balaban J connectivity index is 1.86. The van der Waals surface area contributed by atoms with Crippen molar-refractivity contribution in [2.75, 3.05) is 46.4 Å². The number of nitrogens with zero attached hydrogens (tertiary/aromatic N) is 1. The predicted octanol–water partition coefficient (Wildman–Crippen LogP) is 1.34. The van der Waals surface area contributed by atoms with E-state index in [1.165, 1.54) is 38.9 Å². The largest absolute Gasteiger partial charge is 0.381 e. The Bertz CT molecular complexity index is 210. The molecule has 0 bridgehead atoms. The lowest BCUT2D eigenvalue weighted by Gasteiger charge is -2.33. The fourth-order valence-corrected chi connectivity index (χ4v) is 2.79. The molecule has 0 aromatic rings. The van der Waals surface area contributed by atoms with Crippen molar-refractivity contribution in [2.45, 2.75) is 26.2 Å². The summed E-state index contributed by atoms with van der Waals surface area (Å²) in [6, 6.07) is 0. The van der Waals surface area contributed by atoms with Crippen molar-refractivity contribution in [1.82, 2.24) is 10.2 Å². The summed E-state index contributed by atoms with van der Waals surface area (Å²) >= 11 is 0. The number of rotatable bonds is 7. The molecule has 1 aliphatic heterocycles. The van der Waals surface area contributed by atoms with Crippen LogP contribution in [0.25, 0.3) is 0 Å².